The van der Waals surface area contributed by atoms with E-state index < -0.39 is 0 Å². The van der Waals surface area contributed by atoms with Crippen LogP contribution in [0.1, 0.15) is 33.6 Å². The number of carbonyl (C=O) groups excluding carboxylic acids is 1. The zero-order valence-corrected chi connectivity index (χ0v) is 15.7. The van der Waals surface area contributed by atoms with Crippen LogP contribution in [0.2, 0.25) is 0 Å². The number of aromatic nitrogens is 3. The lowest BCUT2D eigenvalue weighted by molar-refractivity contribution is 0.102. The predicted octanol–water partition coefficient (Wildman–Crippen LogP) is 4.53. The van der Waals surface area contributed by atoms with Gasteiger partial charge >= 0.3 is 0 Å². The monoisotopic (exact) mass is 374 g/mol. The third kappa shape index (κ3) is 2.82. The lowest BCUT2D eigenvalue weighted by atomic mass is 10.1. The van der Waals surface area contributed by atoms with Gasteiger partial charge in [0.15, 0.2) is 0 Å². The third-order valence-electron chi connectivity index (χ3n) is 4.88. The van der Waals surface area contributed by atoms with Crippen molar-refractivity contribution < 1.29 is 4.79 Å². The van der Waals surface area contributed by atoms with Crippen molar-refractivity contribution in [2.24, 2.45) is 0 Å². The molecular weight excluding hydrogens is 356 g/mol. The van der Waals surface area contributed by atoms with Gasteiger partial charge in [-0.05, 0) is 50.5 Å². The Morgan fingerprint density at radius 3 is 2.89 bits per heavy atom. The average Bonchev–Trinajstić information content (AvgIpc) is 3.36. The Kier molecular flexibility index (Phi) is 3.79. The highest BCUT2D eigenvalue weighted by Gasteiger charge is 2.25. The summed E-state index contributed by atoms with van der Waals surface area (Å²) in [7, 11) is 0. The van der Waals surface area contributed by atoms with Gasteiger partial charge in [0, 0.05) is 11.1 Å². The summed E-state index contributed by atoms with van der Waals surface area (Å²) in [6.45, 7) is 1.99. The number of nitrogens with one attached hydrogen (secondary N) is 1. The Hall–Kier alpha value is -2.99. The molecule has 2 aromatic carbocycles. The van der Waals surface area contributed by atoms with Crippen LogP contribution in [0.5, 0.6) is 0 Å². The SMILES string of the molecule is Cc1cccc(C(=O)Nc2c3c(nn2-c2nc4ccccc4s2)CCC3)c1. The minimum atomic E-state index is -0.115. The first kappa shape index (κ1) is 16.2. The van der Waals surface area contributed by atoms with E-state index in [4.69, 9.17) is 10.1 Å². The molecule has 2 aromatic heterocycles. The first-order chi connectivity index (χ1) is 13.2. The summed E-state index contributed by atoms with van der Waals surface area (Å²) in [5.41, 5.74) is 4.86. The molecule has 0 bridgehead atoms. The highest BCUT2D eigenvalue weighted by atomic mass is 32.1. The number of anilines is 1. The second kappa shape index (κ2) is 6.32. The highest BCUT2D eigenvalue weighted by molar-refractivity contribution is 7.20. The van der Waals surface area contributed by atoms with Gasteiger partial charge in [0.2, 0.25) is 5.13 Å². The van der Waals surface area contributed by atoms with Gasteiger partial charge in [-0.15, -0.1) is 0 Å². The van der Waals surface area contributed by atoms with Gasteiger partial charge in [0.25, 0.3) is 5.91 Å². The van der Waals surface area contributed by atoms with Gasteiger partial charge in [0.05, 0.1) is 15.9 Å². The lowest BCUT2D eigenvalue weighted by Gasteiger charge is -2.09. The second-order valence-electron chi connectivity index (χ2n) is 6.83. The van der Waals surface area contributed by atoms with Crippen molar-refractivity contribution in [3.63, 3.8) is 0 Å². The lowest BCUT2D eigenvalue weighted by Crippen LogP contribution is -2.16. The van der Waals surface area contributed by atoms with Gasteiger partial charge in [0.1, 0.15) is 5.82 Å². The topological polar surface area (TPSA) is 59.8 Å². The van der Waals surface area contributed by atoms with E-state index in [1.54, 1.807) is 11.3 Å². The first-order valence-corrected chi connectivity index (χ1v) is 9.85. The fraction of sp³-hybridized carbons (Fsp3) is 0.190. The maximum Gasteiger partial charge on any atom is 0.256 e. The molecule has 2 heterocycles. The summed E-state index contributed by atoms with van der Waals surface area (Å²) in [4.78, 5) is 17.6. The van der Waals surface area contributed by atoms with E-state index >= 15 is 0 Å². The Bertz CT molecular complexity index is 1140. The zero-order valence-electron chi connectivity index (χ0n) is 14.9. The molecule has 0 saturated heterocycles. The number of rotatable bonds is 3. The molecule has 1 amide bonds. The molecule has 6 heteroatoms. The molecule has 5 rings (SSSR count). The van der Waals surface area contributed by atoms with Crippen LogP contribution in [0.3, 0.4) is 0 Å². The van der Waals surface area contributed by atoms with Crippen LogP contribution in [0.25, 0.3) is 15.3 Å². The van der Waals surface area contributed by atoms with Crippen molar-refractivity contribution in [1.29, 1.82) is 0 Å². The van der Waals surface area contributed by atoms with E-state index in [1.165, 1.54) is 0 Å². The number of carbonyl (C=O) groups is 1. The number of hydrogen-bond donors (Lipinski definition) is 1. The molecule has 27 heavy (non-hydrogen) atoms. The molecule has 0 spiro atoms. The van der Waals surface area contributed by atoms with Crippen molar-refractivity contribution in [2.45, 2.75) is 26.2 Å². The number of aryl methyl sites for hydroxylation is 2. The molecule has 1 N–H and O–H groups in total. The molecule has 0 atom stereocenters. The first-order valence-electron chi connectivity index (χ1n) is 9.04. The quantitative estimate of drug-likeness (QED) is 0.573. The number of fused-ring (bicyclic) bond motifs is 2. The normalized spacial score (nSPS) is 13.1. The third-order valence-corrected chi connectivity index (χ3v) is 5.89. The van der Waals surface area contributed by atoms with Gasteiger partial charge in [-0.2, -0.15) is 9.78 Å². The molecular formula is C21H18N4OS. The van der Waals surface area contributed by atoms with Gasteiger partial charge < -0.3 is 5.32 Å². The van der Waals surface area contributed by atoms with E-state index in [1.807, 2.05) is 54.1 Å². The minimum absolute atomic E-state index is 0.115. The molecule has 1 aliphatic carbocycles. The van der Waals surface area contributed by atoms with E-state index in [0.717, 1.165) is 57.2 Å². The van der Waals surface area contributed by atoms with Crippen LogP contribution < -0.4 is 5.32 Å². The number of nitrogens with zero attached hydrogens (tertiary/aromatic N) is 3. The molecule has 0 radical (unpaired) electrons. The summed E-state index contributed by atoms with van der Waals surface area (Å²) in [6.07, 6.45) is 2.95. The standard InChI is InChI=1S/C21H18N4OS/c1-13-6-4-7-14(12-13)20(26)23-19-15-8-5-10-16(15)24-25(19)21-22-17-9-2-3-11-18(17)27-21/h2-4,6-7,9,11-12H,5,8,10H2,1H3,(H,23,26). The molecule has 0 saturated carbocycles. The van der Waals surface area contributed by atoms with Crippen molar-refractivity contribution >= 4 is 33.3 Å². The fourth-order valence-electron chi connectivity index (χ4n) is 3.58. The smallest absolute Gasteiger partial charge is 0.256 e. The van der Waals surface area contributed by atoms with Crippen molar-refractivity contribution in [3.8, 4) is 5.13 Å². The molecule has 4 aromatic rings. The van der Waals surface area contributed by atoms with Gasteiger partial charge in [-0.3, -0.25) is 4.79 Å². The van der Waals surface area contributed by atoms with Crippen LogP contribution >= 0.6 is 11.3 Å². The van der Waals surface area contributed by atoms with Crippen molar-refractivity contribution in [1.82, 2.24) is 14.8 Å². The number of thiazole rings is 1. The van der Waals surface area contributed by atoms with Crippen LogP contribution in [0.15, 0.2) is 48.5 Å². The number of amides is 1. The van der Waals surface area contributed by atoms with Crippen molar-refractivity contribution in [3.05, 3.63) is 70.9 Å². The van der Waals surface area contributed by atoms with E-state index in [-0.39, 0.29) is 5.91 Å². The Morgan fingerprint density at radius 2 is 2.04 bits per heavy atom. The van der Waals surface area contributed by atoms with Crippen LogP contribution in [-0.2, 0) is 12.8 Å². The maximum absolute atomic E-state index is 12.9. The molecule has 0 unspecified atom stereocenters. The zero-order chi connectivity index (χ0) is 18.4. The molecule has 5 nitrogen and oxygen atoms in total. The summed E-state index contributed by atoms with van der Waals surface area (Å²) in [6, 6.07) is 15.7. The van der Waals surface area contributed by atoms with Crippen molar-refractivity contribution in [2.75, 3.05) is 5.32 Å². The van der Waals surface area contributed by atoms with Gasteiger partial charge in [-0.25, -0.2) is 4.98 Å². The Labute approximate surface area is 160 Å². The largest absolute Gasteiger partial charge is 0.306 e. The maximum atomic E-state index is 12.9. The molecule has 1 aliphatic rings. The van der Waals surface area contributed by atoms with E-state index in [2.05, 4.69) is 11.4 Å². The summed E-state index contributed by atoms with van der Waals surface area (Å²) < 4.78 is 2.92. The molecule has 134 valence electrons. The number of benzene rings is 2. The molecule has 0 fully saturated rings. The fourth-order valence-corrected chi connectivity index (χ4v) is 4.50. The van der Waals surface area contributed by atoms with Crippen LogP contribution in [-0.4, -0.2) is 20.7 Å². The summed E-state index contributed by atoms with van der Waals surface area (Å²) >= 11 is 1.58. The second-order valence-corrected chi connectivity index (χ2v) is 7.84. The average molecular weight is 374 g/mol. The van der Waals surface area contributed by atoms with Gasteiger partial charge in [-0.1, -0.05) is 41.2 Å². The number of para-hydroxylation sites is 1. The Morgan fingerprint density at radius 1 is 1.15 bits per heavy atom. The van der Waals surface area contributed by atoms with E-state index in [0.29, 0.717) is 5.56 Å². The summed E-state index contributed by atoms with van der Waals surface area (Å²) in [5.74, 6) is 0.642. The predicted molar refractivity (Wildman–Crippen MR) is 108 cm³/mol. The van der Waals surface area contributed by atoms with Crippen LogP contribution in [0, 0.1) is 6.92 Å². The minimum Gasteiger partial charge on any atom is -0.306 e. The van der Waals surface area contributed by atoms with E-state index in [9.17, 15) is 4.79 Å². The Balaban J connectivity index is 1.58. The summed E-state index contributed by atoms with van der Waals surface area (Å²) in [5, 5.41) is 8.66. The van der Waals surface area contributed by atoms with Crippen LogP contribution in [0.4, 0.5) is 5.82 Å². The molecule has 0 aliphatic heterocycles. The number of hydrogen-bond acceptors (Lipinski definition) is 4. The highest BCUT2D eigenvalue weighted by Crippen LogP contribution is 2.33.